The van der Waals surface area contributed by atoms with Crippen molar-refractivity contribution in [2.24, 2.45) is 0 Å². The lowest BCUT2D eigenvalue weighted by molar-refractivity contribution is 0.297. The van der Waals surface area contributed by atoms with Gasteiger partial charge in [0.1, 0.15) is 0 Å². The van der Waals surface area contributed by atoms with Gasteiger partial charge in [-0.15, -0.1) is 0 Å². The third-order valence-electron chi connectivity index (χ3n) is 2.47. The number of nitrogens with zero attached hydrogens (tertiary/aromatic N) is 1. The average Bonchev–Trinajstić information content (AvgIpc) is 2.74. The van der Waals surface area contributed by atoms with Crippen LogP contribution in [0.2, 0.25) is 0 Å². The Kier molecular flexibility index (Phi) is 2.25. The van der Waals surface area contributed by atoms with E-state index < -0.39 is 0 Å². The first-order valence-corrected chi connectivity index (χ1v) is 5.24. The Labute approximate surface area is 92.8 Å². The van der Waals surface area contributed by atoms with Gasteiger partial charge in [-0.25, -0.2) is 0 Å². The molecule has 2 heterocycles. The van der Waals surface area contributed by atoms with Crippen LogP contribution in [0, 0.1) is 0 Å². The van der Waals surface area contributed by atoms with Gasteiger partial charge in [0.2, 0.25) is 0 Å². The molecule has 0 spiro atoms. The first-order chi connectivity index (χ1) is 7.93. The molecule has 0 aliphatic carbocycles. The van der Waals surface area contributed by atoms with Gasteiger partial charge in [-0.2, -0.15) is 0 Å². The van der Waals surface area contributed by atoms with Gasteiger partial charge < -0.3 is 14.0 Å². The molecule has 2 aromatic rings. The van der Waals surface area contributed by atoms with Crippen LogP contribution in [0.1, 0.15) is 6.42 Å². The minimum absolute atomic E-state index is 0.687. The predicted octanol–water partition coefficient (Wildman–Crippen LogP) is 2.50. The Morgan fingerprint density at radius 1 is 1.00 bits per heavy atom. The highest BCUT2D eigenvalue weighted by Crippen LogP contribution is 2.33. The van der Waals surface area contributed by atoms with Crippen LogP contribution in [0.25, 0.3) is 11.3 Å². The molecule has 3 rings (SSSR count). The molecule has 16 heavy (non-hydrogen) atoms. The van der Waals surface area contributed by atoms with Crippen LogP contribution in [0.5, 0.6) is 11.5 Å². The molecule has 0 N–H and O–H groups in total. The van der Waals surface area contributed by atoms with Crippen molar-refractivity contribution in [2.45, 2.75) is 6.42 Å². The number of hydrogen-bond donors (Lipinski definition) is 0. The summed E-state index contributed by atoms with van der Waals surface area (Å²) in [7, 11) is 0. The third-order valence-corrected chi connectivity index (χ3v) is 2.47. The molecule has 0 atom stereocenters. The fourth-order valence-electron chi connectivity index (χ4n) is 1.68. The molecule has 0 radical (unpaired) electrons. The van der Waals surface area contributed by atoms with E-state index in [1.54, 1.807) is 6.20 Å². The van der Waals surface area contributed by atoms with E-state index in [1.165, 1.54) is 0 Å². The van der Waals surface area contributed by atoms with Gasteiger partial charge in [0.15, 0.2) is 17.3 Å². The highest BCUT2D eigenvalue weighted by Gasteiger charge is 2.12. The molecule has 82 valence electrons. The monoisotopic (exact) mass is 217 g/mol. The van der Waals surface area contributed by atoms with Crippen molar-refractivity contribution in [2.75, 3.05) is 13.2 Å². The van der Waals surface area contributed by atoms with Crippen LogP contribution in [0.3, 0.4) is 0 Å². The maximum Gasteiger partial charge on any atom is 0.166 e. The highest BCUT2D eigenvalue weighted by molar-refractivity contribution is 5.62. The van der Waals surface area contributed by atoms with Crippen molar-refractivity contribution >= 4 is 0 Å². The van der Waals surface area contributed by atoms with Crippen LogP contribution >= 0.6 is 0 Å². The minimum atomic E-state index is 0.687. The van der Waals surface area contributed by atoms with Crippen molar-refractivity contribution in [1.29, 1.82) is 0 Å². The van der Waals surface area contributed by atoms with Crippen molar-refractivity contribution in [1.82, 2.24) is 5.16 Å². The summed E-state index contributed by atoms with van der Waals surface area (Å²) >= 11 is 0. The Morgan fingerprint density at radius 3 is 2.69 bits per heavy atom. The highest BCUT2D eigenvalue weighted by atomic mass is 16.5. The normalized spacial score (nSPS) is 14.5. The zero-order valence-electron chi connectivity index (χ0n) is 8.68. The van der Waals surface area contributed by atoms with E-state index in [9.17, 15) is 0 Å². The van der Waals surface area contributed by atoms with Crippen LogP contribution in [0.4, 0.5) is 0 Å². The Bertz CT molecular complexity index is 479. The fourth-order valence-corrected chi connectivity index (χ4v) is 1.68. The van der Waals surface area contributed by atoms with E-state index >= 15 is 0 Å². The molecule has 1 aromatic carbocycles. The van der Waals surface area contributed by atoms with Gasteiger partial charge in [0.05, 0.1) is 19.4 Å². The van der Waals surface area contributed by atoms with Crippen molar-refractivity contribution < 1.29 is 14.0 Å². The molecule has 1 aliphatic heterocycles. The Balaban J connectivity index is 2.01. The van der Waals surface area contributed by atoms with Gasteiger partial charge >= 0.3 is 0 Å². The molecule has 0 bridgehead atoms. The first kappa shape index (κ1) is 9.27. The molecule has 1 aliphatic rings. The Hall–Kier alpha value is -1.97. The van der Waals surface area contributed by atoms with E-state index in [0.29, 0.717) is 13.2 Å². The molecular formula is C12H11NO3. The van der Waals surface area contributed by atoms with Gasteiger partial charge in [-0.05, 0) is 18.2 Å². The summed E-state index contributed by atoms with van der Waals surface area (Å²) in [6.07, 6.45) is 2.53. The topological polar surface area (TPSA) is 44.5 Å². The van der Waals surface area contributed by atoms with E-state index in [0.717, 1.165) is 29.2 Å². The van der Waals surface area contributed by atoms with Crippen molar-refractivity contribution in [3.05, 3.63) is 30.5 Å². The van der Waals surface area contributed by atoms with Crippen LogP contribution in [-0.2, 0) is 0 Å². The summed E-state index contributed by atoms with van der Waals surface area (Å²) in [5, 5.41) is 3.68. The number of fused-ring (bicyclic) bond motifs is 1. The lowest BCUT2D eigenvalue weighted by atomic mass is 10.1. The fraction of sp³-hybridized carbons (Fsp3) is 0.250. The smallest absolute Gasteiger partial charge is 0.166 e. The summed E-state index contributed by atoms with van der Waals surface area (Å²) in [4.78, 5) is 0. The standard InChI is InChI=1S/C12H11NO3/c1-6-14-11-3-2-9(8-12(11)15-7-1)10-4-5-13-16-10/h2-5,8H,1,6-7H2. The molecule has 0 amide bonds. The van der Waals surface area contributed by atoms with Gasteiger partial charge in [-0.3, -0.25) is 0 Å². The van der Waals surface area contributed by atoms with Crippen molar-refractivity contribution in [3.63, 3.8) is 0 Å². The molecule has 0 unspecified atom stereocenters. The van der Waals surface area contributed by atoms with E-state index in [-0.39, 0.29) is 0 Å². The minimum Gasteiger partial charge on any atom is -0.490 e. The second kappa shape index (κ2) is 3.89. The van der Waals surface area contributed by atoms with Crippen LogP contribution in [-0.4, -0.2) is 18.4 Å². The zero-order valence-corrected chi connectivity index (χ0v) is 8.68. The summed E-state index contributed by atoms with van der Waals surface area (Å²) in [6.45, 7) is 1.39. The summed E-state index contributed by atoms with van der Waals surface area (Å²) in [5.41, 5.74) is 0.946. The number of hydrogen-bond acceptors (Lipinski definition) is 4. The lowest BCUT2D eigenvalue weighted by Gasteiger charge is -2.07. The van der Waals surface area contributed by atoms with Crippen molar-refractivity contribution in [3.8, 4) is 22.8 Å². The first-order valence-electron chi connectivity index (χ1n) is 5.24. The number of aromatic nitrogens is 1. The van der Waals surface area contributed by atoms with Gasteiger partial charge in [0, 0.05) is 18.1 Å². The number of benzene rings is 1. The summed E-state index contributed by atoms with van der Waals surface area (Å²) < 4.78 is 16.2. The maximum absolute atomic E-state index is 5.60. The lowest BCUT2D eigenvalue weighted by Crippen LogP contribution is -1.97. The number of rotatable bonds is 1. The van der Waals surface area contributed by atoms with Gasteiger partial charge in [0.25, 0.3) is 0 Å². The second-order valence-electron chi connectivity index (χ2n) is 3.59. The SMILES string of the molecule is c1cc(-c2ccc3c(c2)OCCCO3)on1. The number of ether oxygens (including phenoxy) is 2. The summed E-state index contributed by atoms with van der Waals surface area (Å²) in [5.74, 6) is 2.29. The van der Waals surface area contributed by atoms with Gasteiger partial charge in [-0.1, -0.05) is 5.16 Å². The quantitative estimate of drug-likeness (QED) is 0.736. The molecule has 0 fully saturated rings. The van der Waals surface area contributed by atoms with E-state index in [2.05, 4.69) is 5.16 Å². The Morgan fingerprint density at radius 2 is 1.88 bits per heavy atom. The second-order valence-corrected chi connectivity index (χ2v) is 3.59. The zero-order chi connectivity index (χ0) is 10.8. The largest absolute Gasteiger partial charge is 0.490 e. The molecule has 0 saturated heterocycles. The third kappa shape index (κ3) is 1.62. The van der Waals surface area contributed by atoms with Crippen LogP contribution in [0.15, 0.2) is 35.0 Å². The molecule has 4 heteroatoms. The molecule has 1 aromatic heterocycles. The molecule has 0 saturated carbocycles. The van der Waals surface area contributed by atoms with Crippen LogP contribution < -0.4 is 9.47 Å². The molecule has 4 nitrogen and oxygen atoms in total. The average molecular weight is 217 g/mol. The van der Waals surface area contributed by atoms with E-state index in [1.807, 2.05) is 24.3 Å². The molecular weight excluding hydrogens is 206 g/mol. The van der Waals surface area contributed by atoms with E-state index in [4.69, 9.17) is 14.0 Å². The summed E-state index contributed by atoms with van der Waals surface area (Å²) in [6, 6.07) is 7.58. The predicted molar refractivity (Wildman–Crippen MR) is 57.5 cm³/mol. The maximum atomic E-state index is 5.60.